The third-order valence-corrected chi connectivity index (χ3v) is 10.4. The fourth-order valence-corrected chi connectivity index (χ4v) is 7.77. The molecule has 0 bridgehead atoms. The Morgan fingerprint density at radius 1 is 0.808 bits per heavy atom. The average molecular weight is 701 g/mol. The van der Waals surface area contributed by atoms with E-state index in [4.69, 9.17) is 19.4 Å². The Hall–Kier alpha value is -5.12. The minimum Gasteiger partial charge on any atom is -0.444 e. The van der Waals surface area contributed by atoms with E-state index in [1.54, 1.807) is 0 Å². The summed E-state index contributed by atoms with van der Waals surface area (Å²) in [5.74, 6) is 1.63. The molecule has 3 aliphatic rings. The van der Waals surface area contributed by atoms with Gasteiger partial charge in [-0.3, -0.25) is 4.90 Å². The summed E-state index contributed by atoms with van der Waals surface area (Å²) in [6, 6.07) is 21.5. The topological polar surface area (TPSA) is 125 Å². The van der Waals surface area contributed by atoms with Gasteiger partial charge in [-0.05, 0) is 126 Å². The van der Waals surface area contributed by atoms with Gasteiger partial charge in [-0.25, -0.2) is 19.6 Å². The van der Waals surface area contributed by atoms with Gasteiger partial charge in [0.1, 0.15) is 28.4 Å². The maximum atomic E-state index is 13.0. The van der Waals surface area contributed by atoms with E-state index >= 15 is 0 Å². The number of fused-ring (bicyclic) bond motifs is 4. The number of nitrogens with zero attached hydrogens (tertiary/aromatic N) is 3. The molecule has 1 saturated carbocycles. The maximum Gasteiger partial charge on any atom is 0.410 e. The molecule has 10 nitrogen and oxygen atoms in total. The van der Waals surface area contributed by atoms with Crippen LogP contribution < -0.4 is 5.32 Å². The van der Waals surface area contributed by atoms with E-state index in [1.807, 2.05) is 52.5 Å². The molecule has 2 aromatic heterocycles. The third kappa shape index (κ3) is 6.55. The highest BCUT2D eigenvalue weighted by Gasteiger charge is 2.44. The molecule has 0 radical (unpaired) electrons. The first-order valence-corrected chi connectivity index (χ1v) is 18.6. The summed E-state index contributed by atoms with van der Waals surface area (Å²) in [5.41, 5.74) is 9.30. The van der Waals surface area contributed by atoms with Crippen molar-refractivity contribution in [2.45, 2.75) is 109 Å². The number of nitrogens with one attached hydrogen (secondary N) is 3. The Kier molecular flexibility index (Phi) is 8.19. The van der Waals surface area contributed by atoms with Crippen LogP contribution in [0.15, 0.2) is 60.7 Å². The number of alkyl carbamates (subject to hydrolysis) is 1. The third-order valence-electron chi connectivity index (χ3n) is 10.4. The predicted molar refractivity (Wildman–Crippen MR) is 202 cm³/mol. The first-order valence-electron chi connectivity index (χ1n) is 18.6. The number of aromatic nitrogens is 4. The minimum atomic E-state index is -0.563. The normalized spacial score (nSPS) is 18.0. The van der Waals surface area contributed by atoms with Crippen LogP contribution in [-0.2, 0) is 27.9 Å². The summed E-state index contributed by atoms with van der Waals surface area (Å²) in [6.45, 7) is 12.0. The molecular weight excluding hydrogens is 652 g/mol. The van der Waals surface area contributed by atoms with Gasteiger partial charge in [0.2, 0.25) is 0 Å². The molecule has 1 atom stereocenters. The number of rotatable bonds is 5. The molecule has 2 amide bonds. The molecule has 3 aromatic carbocycles. The van der Waals surface area contributed by atoms with Crippen molar-refractivity contribution in [3.63, 3.8) is 0 Å². The van der Waals surface area contributed by atoms with E-state index in [9.17, 15) is 9.59 Å². The summed E-state index contributed by atoms with van der Waals surface area (Å²) < 4.78 is 11.3. The largest absolute Gasteiger partial charge is 0.444 e. The van der Waals surface area contributed by atoms with E-state index in [1.165, 1.54) is 11.1 Å². The summed E-state index contributed by atoms with van der Waals surface area (Å²) in [4.78, 5) is 44.5. The van der Waals surface area contributed by atoms with Gasteiger partial charge in [-0.15, -0.1) is 0 Å². The highest BCUT2D eigenvalue weighted by atomic mass is 16.6. The van der Waals surface area contributed by atoms with Crippen molar-refractivity contribution in [2.24, 2.45) is 0 Å². The monoisotopic (exact) mass is 700 g/mol. The van der Waals surface area contributed by atoms with Crippen LogP contribution in [0.5, 0.6) is 0 Å². The number of aromatic amines is 2. The number of ether oxygens (including phenoxy) is 2. The van der Waals surface area contributed by atoms with E-state index in [0.717, 1.165) is 101 Å². The summed E-state index contributed by atoms with van der Waals surface area (Å²) >= 11 is 0. The molecule has 270 valence electrons. The van der Waals surface area contributed by atoms with E-state index in [0.29, 0.717) is 6.54 Å². The van der Waals surface area contributed by atoms with Crippen molar-refractivity contribution in [2.75, 3.05) is 6.54 Å². The number of carbonyl (C=O) groups is 2. The number of imidazole rings is 2. The van der Waals surface area contributed by atoms with Crippen LogP contribution in [0.1, 0.15) is 103 Å². The van der Waals surface area contributed by atoms with Gasteiger partial charge in [0.25, 0.3) is 0 Å². The second kappa shape index (κ2) is 12.5. The van der Waals surface area contributed by atoms with Crippen molar-refractivity contribution in [1.82, 2.24) is 30.2 Å². The lowest BCUT2D eigenvalue weighted by Gasteiger charge is -2.40. The molecule has 0 spiro atoms. The fraction of sp³-hybridized carbons (Fsp3) is 0.429. The fourth-order valence-electron chi connectivity index (χ4n) is 7.77. The number of hydrogen-bond donors (Lipinski definition) is 3. The average Bonchev–Trinajstić information content (AvgIpc) is 3.82. The molecule has 1 unspecified atom stereocenters. The summed E-state index contributed by atoms with van der Waals surface area (Å²) in [5, 5.41) is 3.10. The Morgan fingerprint density at radius 3 is 2.15 bits per heavy atom. The van der Waals surface area contributed by atoms with Crippen molar-refractivity contribution < 1.29 is 19.1 Å². The zero-order chi connectivity index (χ0) is 36.4. The molecular formula is C42H48N6O4. The number of likely N-dealkylation sites (tertiary alicyclic amines) is 1. The van der Waals surface area contributed by atoms with E-state index < -0.39 is 22.8 Å². The maximum absolute atomic E-state index is 13.0. The van der Waals surface area contributed by atoms with Crippen LogP contribution in [-0.4, -0.2) is 54.8 Å². The first kappa shape index (κ1) is 34.0. The smallest absolute Gasteiger partial charge is 0.410 e. The second-order valence-electron chi connectivity index (χ2n) is 16.6. The number of carbonyl (C=O) groups excluding carboxylic acids is 2. The van der Waals surface area contributed by atoms with Crippen LogP contribution in [0.2, 0.25) is 0 Å². The Bertz CT molecular complexity index is 2160. The summed E-state index contributed by atoms with van der Waals surface area (Å²) in [7, 11) is 0. The number of amides is 2. The Balaban J connectivity index is 0.988. The van der Waals surface area contributed by atoms with Gasteiger partial charge < -0.3 is 24.8 Å². The van der Waals surface area contributed by atoms with Crippen molar-refractivity contribution in [1.29, 1.82) is 0 Å². The number of benzene rings is 3. The molecule has 10 heteroatoms. The lowest BCUT2D eigenvalue weighted by Crippen LogP contribution is -2.52. The molecule has 1 saturated heterocycles. The van der Waals surface area contributed by atoms with Crippen LogP contribution >= 0.6 is 0 Å². The van der Waals surface area contributed by atoms with Crippen molar-refractivity contribution >= 4 is 23.2 Å². The molecule has 5 aromatic rings. The van der Waals surface area contributed by atoms with Crippen LogP contribution in [0.4, 0.5) is 9.59 Å². The van der Waals surface area contributed by atoms with Gasteiger partial charge in [0.05, 0.1) is 22.8 Å². The van der Waals surface area contributed by atoms with Crippen molar-refractivity contribution in [3.05, 3.63) is 83.6 Å². The van der Waals surface area contributed by atoms with Gasteiger partial charge in [-0.2, -0.15) is 0 Å². The zero-order valence-electron chi connectivity index (χ0n) is 31.0. The lowest BCUT2D eigenvalue weighted by atomic mass is 9.76. The highest BCUT2D eigenvalue weighted by molar-refractivity contribution is 5.83. The van der Waals surface area contributed by atoms with E-state index in [2.05, 4.69) is 69.9 Å². The van der Waals surface area contributed by atoms with Gasteiger partial charge in [0, 0.05) is 17.8 Å². The number of aryl methyl sites for hydroxylation is 2. The first-order chi connectivity index (χ1) is 24.7. The second-order valence-corrected chi connectivity index (χ2v) is 16.6. The quantitative estimate of drug-likeness (QED) is 0.168. The SMILES string of the molecule is CC(C)(C)OC(=O)NC1(c2nc3ccc(-c4ccc(-c5ccc6c(c5)CCc5[nH]c(C7CCCN7C(=O)OC(C)(C)C)nc5-6)cc4)cc3[nH]2)CCC1. The molecule has 2 fully saturated rings. The molecule has 1 aliphatic heterocycles. The molecule has 52 heavy (non-hydrogen) atoms. The number of H-pyrrole nitrogens is 2. The van der Waals surface area contributed by atoms with Gasteiger partial charge in [-0.1, -0.05) is 48.5 Å². The highest BCUT2D eigenvalue weighted by Crippen LogP contribution is 2.42. The van der Waals surface area contributed by atoms with Gasteiger partial charge in [0.15, 0.2) is 0 Å². The summed E-state index contributed by atoms with van der Waals surface area (Å²) in [6.07, 6.45) is 5.59. The molecule has 8 rings (SSSR count). The Labute approximate surface area is 304 Å². The van der Waals surface area contributed by atoms with E-state index in [-0.39, 0.29) is 12.1 Å². The Morgan fingerprint density at radius 2 is 1.48 bits per heavy atom. The lowest BCUT2D eigenvalue weighted by molar-refractivity contribution is 0.0218. The van der Waals surface area contributed by atoms with Crippen molar-refractivity contribution in [3.8, 4) is 33.5 Å². The van der Waals surface area contributed by atoms with Gasteiger partial charge >= 0.3 is 12.2 Å². The molecule has 3 heterocycles. The van der Waals surface area contributed by atoms with Crippen LogP contribution in [0, 0.1) is 0 Å². The minimum absolute atomic E-state index is 0.0988. The number of hydrogen-bond acceptors (Lipinski definition) is 6. The molecule has 3 N–H and O–H groups in total. The standard InChI is InChI=1S/C42H48N6O4/c1-40(2,3)51-38(49)47-42(20-8-21-42)37-44-31-18-15-28(24-33(31)45-37)26-12-10-25(11-13-26)27-14-17-30-29(23-27)16-19-32-35(30)46-36(43-32)34-9-7-22-48(34)39(50)52-41(4,5)6/h10-15,17-18,23-24,34H,7-9,16,19-22H2,1-6H3,(H,43,46)(H,44,45)(H,47,49). The zero-order valence-corrected chi connectivity index (χ0v) is 31.0. The predicted octanol–water partition coefficient (Wildman–Crippen LogP) is 9.36. The van der Waals surface area contributed by atoms with Crippen LogP contribution in [0.3, 0.4) is 0 Å². The molecule has 2 aliphatic carbocycles. The van der Waals surface area contributed by atoms with Crippen LogP contribution in [0.25, 0.3) is 44.5 Å².